The van der Waals surface area contributed by atoms with Crippen LogP contribution in [0.3, 0.4) is 0 Å². The van der Waals surface area contributed by atoms with Gasteiger partial charge in [0.05, 0.1) is 11.8 Å². The van der Waals surface area contributed by atoms with Crippen molar-refractivity contribution in [3.63, 3.8) is 0 Å². The molecule has 1 aromatic carbocycles. The summed E-state index contributed by atoms with van der Waals surface area (Å²) in [5, 5.41) is 12.4. The van der Waals surface area contributed by atoms with E-state index in [1.54, 1.807) is 6.07 Å². The first kappa shape index (κ1) is 20.3. The van der Waals surface area contributed by atoms with Gasteiger partial charge in [-0.15, -0.1) is 10.2 Å². The van der Waals surface area contributed by atoms with E-state index in [-0.39, 0.29) is 30.0 Å². The lowest BCUT2D eigenvalue weighted by Gasteiger charge is -2.14. The van der Waals surface area contributed by atoms with Gasteiger partial charge in [0.2, 0.25) is 11.8 Å². The van der Waals surface area contributed by atoms with Gasteiger partial charge < -0.3 is 15.6 Å². The predicted molar refractivity (Wildman–Crippen MR) is 102 cm³/mol. The Balaban J connectivity index is 1.91. The molecule has 0 aliphatic carbocycles. The summed E-state index contributed by atoms with van der Waals surface area (Å²) in [6.07, 6.45) is 0.662. The molecule has 140 valence electrons. The van der Waals surface area contributed by atoms with Crippen molar-refractivity contribution < 1.29 is 9.59 Å². The van der Waals surface area contributed by atoms with Gasteiger partial charge >= 0.3 is 0 Å². The molecule has 0 radical (unpaired) electrons. The van der Waals surface area contributed by atoms with Crippen LogP contribution in [-0.4, -0.2) is 32.3 Å². The average Bonchev–Trinajstić information content (AvgIpc) is 3.00. The number of primary amides is 1. The molecule has 0 aliphatic heterocycles. The normalized spacial score (nSPS) is 12.0. The van der Waals surface area contributed by atoms with Crippen LogP contribution in [0.4, 0.5) is 0 Å². The molecule has 0 fully saturated rings. The number of carbonyl (C=O) groups is 2. The lowest BCUT2D eigenvalue weighted by molar-refractivity contribution is -0.119. The largest absolute Gasteiger partial charge is 0.370 e. The van der Waals surface area contributed by atoms with Crippen LogP contribution in [0.1, 0.15) is 37.7 Å². The fourth-order valence-electron chi connectivity index (χ4n) is 2.44. The molecule has 1 heterocycles. The maximum absolute atomic E-state index is 12.2. The molecule has 7 nitrogen and oxygen atoms in total. The van der Waals surface area contributed by atoms with E-state index in [1.807, 2.05) is 36.6 Å². The minimum absolute atomic E-state index is 0.105. The highest BCUT2D eigenvalue weighted by atomic mass is 35.5. The van der Waals surface area contributed by atoms with Gasteiger partial charge in [-0.25, -0.2) is 0 Å². The van der Waals surface area contributed by atoms with Crippen molar-refractivity contribution in [3.05, 3.63) is 40.7 Å². The number of rotatable bonds is 9. The Bertz CT molecular complexity index is 780. The zero-order chi connectivity index (χ0) is 19.1. The second-order valence-corrected chi connectivity index (χ2v) is 7.12. The number of aryl methyl sites for hydroxylation is 1. The number of nitrogens with zero attached hydrogens (tertiary/aromatic N) is 3. The van der Waals surface area contributed by atoms with Gasteiger partial charge in [-0.2, -0.15) is 0 Å². The highest BCUT2D eigenvalue weighted by Crippen LogP contribution is 2.20. The van der Waals surface area contributed by atoms with Crippen LogP contribution in [0.5, 0.6) is 0 Å². The van der Waals surface area contributed by atoms with Crippen molar-refractivity contribution in [3.8, 4) is 0 Å². The zero-order valence-electron chi connectivity index (χ0n) is 14.7. The van der Waals surface area contributed by atoms with Gasteiger partial charge in [0.15, 0.2) is 5.16 Å². The summed E-state index contributed by atoms with van der Waals surface area (Å²) in [7, 11) is 0. The fraction of sp³-hybridized carbons (Fsp3) is 0.412. The van der Waals surface area contributed by atoms with Crippen LogP contribution in [-0.2, 0) is 22.6 Å². The van der Waals surface area contributed by atoms with E-state index in [4.69, 9.17) is 17.3 Å². The quantitative estimate of drug-likeness (QED) is 0.634. The van der Waals surface area contributed by atoms with Crippen molar-refractivity contribution in [1.29, 1.82) is 0 Å². The van der Waals surface area contributed by atoms with Gasteiger partial charge in [-0.3, -0.25) is 9.59 Å². The monoisotopic (exact) mass is 395 g/mol. The summed E-state index contributed by atoms with van der Waals surface area (Å²) in [6, 6.07) is 7.26. The first-order valence-electron chi connectivity index (χ1n) is 8.28. The fourth-order valence-corrected chi connectivity index (χ4v) is 3.47. The summed E-state index contributed by atoms with van der Waals surface area (Å²) >= 11 is 7.29. The van der Waals surface area contributed by atoms with Gasteiger partial charge in [-0.05, 0) is 31.5 Å². The van der Waals surface area contributed by atoms with E-state index in [2.05, 4.69) is 15.5 Å². The Morgan fingerprint density at radius 3 is 2.81 bits per heavy atom. The molecule has 0 bridgehead atoms. The molecule has 0 saturated heterocycles. The van der Waals surface area contributed by atoms with E-state index in [1.165, 1.54) is 11.8 Å². The second-order valence-electron chi connectivity index (χ2n) is 5.74. The highest BCUT2D eigenvalue weighted by Gasteiger charge is 2.15. The summed E-state index contributed by atoms with van der Waals surface area (Å²) in [6.45, 7) is 4.52. The van der Waals surface area contributed by atoms with E-state index in [0.717, 1.165) is 5.56 Å². The first-order chi connectivity index (χ1) is 12.4. The van der Waals surface area contributed by atoms with Crippen LogP contribution in [0, 0.1) is 0 Å². The van der Waals surface area contributed by atoms with E-state index < -0.39 is 0 Å². The third-order valence-corrected chi connectivity index (χ3v) is 4.97. The summed E-state index contributed by atoms with van der Waals surface area (Å²) in [4.78, 5) is 23.2. The number of hydrogen-bond donors (Lipinski definition) is 2. The molecule has 2 rings (SSSR count). The molecule has 1 atom stereocenters. The summed E-state index contributed by atoms with van der Waals surface area (Å²) < 4.78 is 1.89. The van der Waals surface area contributed by atoms with Gasteiger partial charge in [-0.1, -0.05) is 35.5 Å². The topological polar surface area (TPSA) is 103 Å². The number of thioether (sulfide) groups is 1. The van der Waals surface area contributed by atoms with Crippen LogP contribution in [0.2, 0.25) is 5.02 Å². The molecule has 0 unspecified atom stereocenters. The Hall–Kier alpha value is -2.06. The number of hydrogen-bond acceptors (Lipinski definition) is 5. The Morgan fingerprint density at radius 1 is 1.38 bits per heavy atom. The third-order valence-electron chi connectivity index (χ3n) is 3.76. The Kier molecular flexibility index (Phi) is 7.47. The van der Waals surface area contributed by atoms with Crippen molar-refractivity contribution >= 4 is 35.2 Å². The van der Waals surface area contributed by atoms with E-state index >= 15 is 0 Å². The second kappa shape index (κ2) is 9.59. The lowest BCUT2D eigenvalue weighted by Crippen LogP contribution is -2.28. The van der Waals surface area contributed by atoms with Gasteiger partial charge in [0.1, 0.15) is 5.82 Å². The van der Waals surface area contributed by atoms with Crippen LogP contribution >= 0.6 is 23.4 Å². The van der Waals surface area contributed by atoms with Crippen LogP contribution in [0.25, 0.3) is 0 Å². The number of aromatic nitrogens is 3. The minimum atomic E-state index is -0.376. The number of carbonyl (C=O) groups excluding carboxylic acids is 2. The molecule has 2 aromatic rings. The standard InChI is InChI=1S/C17H22ClN5O2S/c1-3-23-15(8-7-14(19)24)21-22-17(23)26-10-16(25)20-11(2)12-5-4-6-13(18)9-12/h4-6,9,11H,3,7-8,10H2,1-2H3,(H2,19,24)(H,20,25)/t11-/m1/s1. The molecule has 1 aromatic heterocycles. The van der Waals surface area contributed by atoms with Crippen molar-refractivity contribution in [1.82, 2.24) is 20.1 Å². The molecule has 0 spiro atoms. The molecule has 9 heteroatoms. The third kappa shape index (κ3) is 5.74. The molecule has 2 amide bonds. The SMILES string of the molecule is CCn1c(CCC(N)=O)nnc1SCC(=O)N[C@H](C)c1cccc(Cl)c1. The molecule has 3 N–H and O–H groups in total. The first-order valence-corrected chi connectivity index (χ1v) is 9.65. The van der Waals surface area contributed by atoms with Crippen LogP contribution < -0.4 is 11.1 Å². The molecule has 26 heavy (non-hydrogen) atoms. The predicted octanol–water partition coefficient (Wildman–Crippen LogP) is 2.34. The molecular weight excluding hydrogens is 374 g/mol. The van der Waals surface area contributed by atoms with E-state index in [0.29, 0.717) is 29.0 Å². The van der Waals surface area contributed by atoms with Gasteiger partial charge in [0, 0.05) is 24.4 Å². The number of benzene rings is 1. The van der Waals surface area contributed by atoms with Crippen molar-refractivity contribution in [2.75, 3.05) is 5.75 Å². The maximum atomic E-state index is 12.2. The molecule has 0 saturated carbocycles. The number of amides is 2. The molecule has 0 aliphatic rings. The van der Waals surface area contributed by atoms with Crippen LogP contribution in [0.15, 0.2) is 29.4 Å². The van der Waals surface area contributed by atoms with E-state index in [9.17, 15) is 9.59 Å². The lowest BCUT2D eigenvalue weighted by atomic mass is 10.1. The Labute approximate surface area is 161 Å². The highest BCUT2D eigenvalue weighted by molar-refractivity contribution is 7.99. The Morgan fingerprint density at radius 2 is 2.15 bits per heavy atom. The van der Waals surface area contributed by atoms with Gasteiger partial charge in [0.25, 0.3) is 0 Å². The zero-order valence-corrected chi connectivity index (χ0v) is 16.3. The van der Waals surface area contributed by atoms with Crippen molar-refractivity contribution in [2.45, 2.75) is 44.4 Å². The number of nitrogens with two attached hydrogens (primary N) is 1. The van der Waals surface area contributed by atoms with Crippen molar-refractivity contribution in [2.24, 2.45) is 5.73 Å². The summed E-state index contributed by atoms with van der Waals surface area (Å²) in [5.74, 6) is 0.436. The smallest absolute Gasteiger partial charge is 0.230 e. The average molecular weight is 396 g/mol. The maximum Gasteiger partial charge on any atom is 0.230 e. The molecular formula is C17H22ClN5O2S. The number of nitrogens with one attached hydrogen (secondary N) is 1. The minimum Gasteiger partial charge on any atom is -0.370 e. The summed E-state index contributed by atoms with van der Waals surface area (Å²) in [5.41, 5.74) is 6.12. The number of halogens is 1.